The molecule has 172 valence electrons. The van der Waals surface area contributed by atoms with Gasteiger partial charge in [-0.3, -0.25) is 19.9 Å². The number of likely N-dealkylation sites (tertiary alicyclic amines) is 1. The molecule has 8 heteroatoms. The number of hydroxylamine groups is 1. The standard InChI is InChI=1S/C24H31N3O5/c28-20-15-18-14-19(26-32-17-22(30)27-12-8-5-9-13-27)10-6-3-1-2-4-7-11-25-24(31)23(18)21(29)16-20/h2,4,6,10,14-16,26,28-29H,1,3,5,7-9,11-13,17H2,(H,25,31)/b4-2?,10-6+,19-14-. The molecule has 1 saturated heterocycles. The number of hydrogen-bond acceptors (Lipinski definition) is 6. The van der Waals surface area contributed by atoms with Gasteiger partial charge in [0.2, 0.25) is 0 Å². The van der Waals surface area contributed by atoms with Crippen LogP contribution in [0.4, 0.5) is 0 Å². The lowest BCUT2D eigenvalue weighted by molar-refractivity contribution is -0.139. The minimum absolute atomic E-state index is 0.0564. The first kappa shape index (κ1) is 23.4. The van der Waals surface area contributed by atoms with E-state index in [4.69, 9.17) is 4.84 Å². The largest absolute Gasteiger partial charge is 0.508 e. The van der Waals surface area contributed by atoms with Crippen molar-refractivity contribution in [2.45, 2.75) is 38.5 Å². The monoisotopic (exact) mass is 441 g/mol. The first-order chi connectivity index (χ1) is 15.5. The Morgan fingerprint density at radius 3 is 2.62 bits per heavy atom. The second kappa shape index (κ2) is 12.0. The number of phenols is 2. The Bertz CT molecular complexity index is 901. The second-order valence-electron chi connectivity index (χ2n) is 7.86. The maximum atomic E-state index is 12.7. The molecule has 2 aliphatic heterocycles. The van der Waals surface area contributed by atoms with E-state index >= 15 is 0 Å². The fourth-order valence-corrected chi connectivity index (χ4v) is 3.69. The van der Waals surface area contributed by atoms with Crippen LogP contribution in [0.15, 0.2) is 42.1 Å². The lowest BCUT2D eigenvalue weighted by atomic mass is 10.0. The lowest BCUT2D eigenvalue weighted by Crippen LogP contribution is -2.39. The van der Waals surface area contributed by atoms with Crippen LogP contribution >= 0.6 is 0 Å². The minimum Gasteiger partial charge on any atom is -0.508 e. The topological polar surface area (TPSA) is 111 Å². The van der Waals surface area contributed by atoms with Gasteiger partial charge in [0, 0.05) is 25.7 Å². The molecule has 8 nitrogen and oxygen atoms in total. The third-order valence-corrected chi connectivity index (χ3v) is 5.33. The summed E-state index contributed by atoms with van der Waals surface area (Å²) in [5, 5.41) is 23.0. The summed E-state index contributed by atoms with van der Waals surface area (Å²) in [6.45, 7) is 1.81. The third kappa shape index (κ3) is 6.88. The quantitative estimate of drug-likeness (QED) is 0.422. The molecule has 0 spiro atoms. The molecule has 0 saturated carbocycles. The van der Waals surface area contributed by atoms with Gasteiger partial charge in [-0.25, -0.2) is 0 Å². The molecule has 1 fully saturated rings. The van der Waals surface area contributed by atoms with Crippen molar-refractivity contribution in [3.8, 4) is 11.5 Å². The highest BCUT2D eigenvalue weighted by Gasteiger charge is 2.18. The summed E-state index contributed by atoms with van der Waals surface area (Å²) < 4.78 is 0. The smallest absolute Gasteiger partial charge is 0.255 e. The molecule has 1 aromatic carbocycles. The molecule has 2 aliphatic rings. The number of nitrogens with zero attached hydrogens (tertiary/aromatic N) is 1. The first-order valence-corrected chi connectivity index (χ1v) is 11.1. The highest BCUT2D eigenvalue weighted by atomic mass is 16.6. The molecular formula is C24H31N3O5. The fraction of sp³-hybridized carbons (Fsp3) is 0.417. The number of nitrogens with one attached hydrogen (secondary N) is 2. The van der Waals surface area contributed by atoms with Gasteiger partial charge in [-0.2, -0.15) is 0 Å². The number of piperidine rings is 1. The number of hydrogen-bond donors (Lipinski definition) is 4. The van der Waals surface area contributed by atoms with Gasteiger partial charge in [0.05, 0.1) is 11.3 Å². The Labute approximate surface area is 188 Å². The summed E-state index contributed by atoms with van der Waals surface area (Å²) in [5.41, 5.74) is 3.64. The van der Waals surface area contributed by atoms with Crippen LogP contribution in [0.1, 0.15) is 54.4 Å². The van der Waals surface area contributed by atoms with E-state index in [0.717, 1.165) is 51.3 Å². The zero-order chi connectivity index (χ0) is 22.8. The lowest BCUT2D eigenvalue weighted by Gasteiger charge is -2.26. The van der Waals surface area contributed by atoms with Crippen molar-refractivity contribution in [1.82, 2.24) is 15.7 Å². The number of phenolic OH excluding ortho intramolecular Hbond substituents is 2. The Hall–Kier alpha value is -3.26. The van der Waals surface area contributed by atoms with E-state index in [1.54, 1.807) is 17.1 Å². The number of benzene rings is 1. The summed E-state index contributed by atoms with van der Waals surface area (Å²) in [6, 6.07) is 2.53. The minimum atomic E-state index is -0.441. The Morgan fingerprint density at radius 1 is 1.06 bits per heavy atom. The number of amides is 2. The van der Waals surface area contributed by atoms with Gasteiger partial charge in [0.15, 0.2) is 6.61 Å². The van der Waals surface area contributed by atoms with Crippen LogP contribution in [0, 0.1) is 0 Å². The first-order valence-electron chi connectivity index (χ1n) is 11.1. The maximum Gasteiger partial charge on any atom is 0.255 e. The van der Waals surface area contributed by atoms with Crippen LogP contribution in [-0.2, 0) is 9.63 Å². The maximum absolute atomic E-state index is 12.7. The number of carbonyl (C=O) groups is 2. The summed E-state index contributed by atoms with van der Waals surface area (Å²) in [6.07, 6.45) is 14.9. The van der Waals surface area contributed by atoms with Crippen molar-refractivity contribution in [1.29, 1.82) is 0 Å². The van der Waals surface area contributed by atoms with Crippen molar-refractivity contribution in [2.75, 3.05) is 26.2 Å². The highest BCUT2D eigenvalue weighted by molar-refractivity contribution is 6.00. The third-order valence-electron chi connectivity index (χ3n) is 5.33. The average molecular weight is 442 g/mol. The van der Waals surface area contributed by atoms with Crippen LogP contribution in [0.2, 0.25) is 0 Å². The summed E-state index contributed by atoms with van der Waals surface area (Å²) in [5.74, 6) is -1.01. The average Bonchev–Trinajstić information content (AvgIpc) is 2.77. The Morgan fingerprint density at radius 2 is 1.81 bits per heavy atom. The molecule has 0 radical (unpaired) electrons. The van der Waals surface area contributed by atoms with Crippen molar-refractivity contribution < 1.29 is 24.6 Å². The number of fused-ring (bicyclic) bond motifs is 1. The van der Waals surface area contributed by atoms with Gasteiger partial charge < -0.3 is 20.4 Å². The van der Waals surface area contributed by atoms with Crippen molar-refractivity contribution in [3.63, 3.8) is 0 Å². The Balaban J connectivity index is 1.80. The van der Waals surface area contributed by atoms with Gasteiger partial charge in [0.25, 0.3) is 11.8 Å². The fourth-order valence-electron chi connectivity index (χ4n) is 3.69. The van der Waals surface area contributed by atoms with E-state index in [1.165, 1.54) is 6.07 Å². The molecule has 3 rings (SSSR count). The van der Waals surface area contributed by atoms with E-state index in [9.17, 15) is 19.8 Å². The normalized spacial score (nSPS) is 20.3. The van der Waals surface area contributed by atoms with Gasteiger partial charge in [0.1, 0.15) is 11.5 Å². The SMILES string of the molecule is O=C1NCCC=CCC/C=C/C(NOCC(=O)N2CCCCC2)=C/c2cc(O)cc(O)c21. The Kier molecular flexibility index (Phi) is 8.74. The predicted molar refractivity (Wildman–Crippen MR) is 122 cm³/mol. The molecule has 0 aromatic heterocycles. The number of allylic oxidation sites excluding steroid dienone is 3. The van der Waals surface area contributed by atoms with E-state index in [2.05, 4.69) is 16.9 Å². The second-order valence-corrected chi connectivity index (χ2v) is 7.86. The van der Waals surface area contributed by atoms with Crippen molar-refractivity contribution in [3.05, 3.63) is 53.3 Å². The molecule has 2 heterocycles. The van der Waals surface area contributed by atoms with Crippen molar-refractivity contribution in [2.24, 2.45) is 0 Å². The summed E-state index contributed by atoms with van der Waals surface area (Å²) in [4.78, 5) is 32.3. The van der Waals surface area contributed by atoms with Gasteiger partial charge in [-0.05, 0) is 62.3 Å². The van der Waals surface area contributed by atoms with Crippen LogP contribution in [-0.4, -0.2) is 53.2 Å². The van der Waals surface area contributed by atoms with Crippen LogP contribution < -0.4 is 10.8 Å². The molecule has 4 N–H and O–H groups in total. The molecule has 0 bridgehead atoms. The van der Waals surface area contributed by atoms with Gasteiger partial charge in [-0.1, -0.05) is 18.2 Å². The van der Waals surface area contributed by atoms with E-state index < -0.39 is 5.91 Å². The predicted octanol–water partition coefficient (Wildman–Crippen LogP) is 3.00. The zero-order valence-corrected chi connectivity index (χ0v) is 18.2. The molecule has 2 amide bonds. The zero-order valence-electron chi connectivity index (χ0n) is 18.2. The molecule has 0 atom stereocenters. The van der Waals surface area contributed by atoms with Crippen LogP contribution in [0.5, 0.6) is 11.5 Å². The van der Waals surface area contributed by atoms with E-state index in [-0.39, 0.29) is 29.6 Å². The van der Waals surface area contributed by atoms with Gasteiger partial charge in [-0.15, -0.1) is 0 Å². The van der Waals surface area contributed by atoms with Crippen LogP contribution in [0.25, 0.3) is 6.08 Å². The molecule has 32 heavy (non-hydrogen) atoms. The number of aromatic hydroxyl groups is 2. The van der Waals surface area contributed by atoms with Crippen LogP contribution in [0.3, 0.4) is 0 Å². The summed E-state index contributed by atoms with van der Waals surface area (Å²) >= 11 is 0. The van der Waals surface area contributed by atoms with E-state index in [1.807, 2.05) is 12.2 Å². The highest BCUT2D eigenvalue weighted by Crippen LogP contribution is 2.29. The molecule has 0 aliphatic carbocycles. The number of rotatable bonds is 4. The van der Waals surface area contributed by atoms with Gasteiger partial charge >= 0.3 is 0 Å². The number of carbonyl (C=O) groups excluding carboxylic acids is 2. The molecular weight excluding hydrogens is 410 g/mol. The molecule has 1 aromatic rings. The molecule has 0 unspecified atom stereocenters. The van der Waals surface area contributed by atoms with E-state index in [0.29, 0.717) is 24.2 Å². The van der Waals surface area contributed by atoms with Crippen molar-refractivity contribution >= 4 is 17.9 Å². The summed E-state index contributed by atoms with van der Waals surface area (Å²) in [7, 11) is 0.